The Morgan fingerprint density at radius 2 is 1.87 bits per heavy atom. The van der Waals surface area contributed by atoms with Gasteiger partial charge in [0.15, 0.2) is 16.7 Å². The van der Waals surface area contributed by atoms with Crippen LogP contribution in [0.25, 0.3) is 0 Å². The summed E-state index contributed by atoms with van der Waals surface area (Å²) in [5.74, 6) is 1.11. The number of esters is 1. The lowest BCUT2D eigenvalue weighted by molar-refractivity contribution is -0.141. The molecule has 0 aromatic heterocycles. The van der Waals surface area contributed by atoms with Crippen molar-refractivity contribution in [1.82, 2.24) is 10.2 Å². The summed E-state index contributed by atoms with van der Waals surface area (Å²) in [7, 11) is 3.15. The molecule has 5 rings (SSSR count). The van der Waals surface area contributed by atoms with Gasteiger partial charge in [0.2, 0.25) is 5.91 Å². The third-order valence-electron chi connectivity index (χ3n) is 6.79. The van der Waals surface area contributed by atoms with E-state index in [4.69, 9.17) is 19.2 Å². The number of amides is 1. The second kappa shape index (κ2) is 11.3. The van der Waals surface area contributed by atoms with E-state index in [1.165, 1.54) is 11.8 Å². The molecule has 0 unspecified atom stereocenters. The smallest absolute Gasteiger partial charge is 0.338 e. The summed E-state index contributed by atoms with van der Waals surface area (Å²) in [5, 5.41) is 5.67. The Kier molecular flexibility index (Phi) is 7.74. The molecule has 1 N–H and O–H groups in total. The number of ether oxygens (including phenoxy) is 3. The highest BCUT2D eigenvalue weighted by Crippen LogP contribution is 2.48. The summed E-state index contributed by atoms with van der Waals surface area (Å²) in [6, 6.07) is 14.5. The van der Waals surface area contributed by atoms with E-state index in [9.17, 15) is 9.59 Å². The molecule has 8 nitrogen and oxygen atoms in total. The molecule has 3 aliphatic rings. The van der Waals surface area contributed by atoms with Gasteiger partial charge in [-0.05, 0) is 42.7 Å². The highest BCUT2D eigenvalue weighted by molar-refractivity contribution is 8.16. The molecule has 38 heavy (non-hydrogen) atoms. The van der Waals surface area contributed by atoms with E-state index in [1.54, 1.807) is 14.2 Å². The number of fused-ring (bicyclic) bond motifs is 1. The number of hydrogen-bond donors (Lipinski definition) is 1. The molecule has 0 saturated heterocycles. The van der Waals surface area contributed by atoms with E-state index in [0.717, 1.165) is 29.7 Å². The average Bonchev–Trinajstić information content (AvgIpc) is 3.69. The van der Waals surface area contributed by atoms with Gasteiger partial charge >= 0.3 is 5.97 Å². The molecule has 9 heteroatoms. The van der Waals surface area contributed by atoms with E-state index in [0.29, 0.717) is 40.4 Å². The van der Waals surface area contributed by atoms with Gasteiger partial charge in [0.05, 0.1) is 38.0 Å². The van der Waals surface area contributed by atoms with Crippen molar-refractivity contribution in [3.05, 3.63) is 82.0 Å². The minimum Gasteiger partial charge on any atom is -0.493 e. The van der Waals surface area contributed by atoms with Crippen molar-refractivity contribution in [1.29, 1.82) is 0 Å². The fourth-order valence-corrected chi connectivity index (χ4v) is 5.62. The van der Waals surface area contributed by atoms with Gasteiger partial charge in [-0.25, -0.2) is 9.79 Å². The fraction of sp³-hybridized carbons (Fsp3) is 0.345. The standard InChI is InChI=1S/C29H31N3O5S/c1-18-25(28(34)37-16-20-8-5-4-6-9-20)26(22-10-7-11-23(35-2)27(22)36-3)32-21(17-38-29(32)31-18)14-24(33)30-15-19-12-13-19/h4-11,17,19,26H,12-16H2,1-3H3,(H,30,33)/t26-/m1/s1. The number of amidine groups is 1. The summed E-state index contributed by atoms with van der Waals surface area (Å²) in [5.41, 5.74) is 3.32. The van der Waals surface area contributed by atoms with Crippen molar-refractivity contribution in [2.45, 2.75) is 38.8 Å². The van der Waals surface area contributed by atoms with E-state index >= 15 is 0 Å². The predicted molar refractivity (Wildman–Crippen MR) is 147 cm³/mol. The number of thioether (sulfide) groups is 1. The molecule has 198 valence electrons. The lowest BCUT2D eigenvalue weighted by Crippen LogP contribution is -2.38. The highest BCUT2D eigenvalue weighted by atomic mass is 32.2. The van der Waals surface area contributed by atoms with Crippen LogP contribution in [0.5, 0.6) is 11.5 Å². The van der Waals surface area contributed by atoms with Crippen molar-refractivity contribution < 1.29 is 23.8 Å². The van der Waals surface area contributed by atoms with Crippen LogP contribution in [-0.4, -0.2) is 42.7 Å². The van der Waals surface area contributed by atoms with E-state index in [2.05, 4.69) is 5.32 Å². The third kappa shape index (κ3) is 5.43. The van der Waals surface area contributed by atoms with Crippen molar-refractivity contribution in [2.75, 3.05) is 20.8 Å². The van der Waals surface area contributed by atoms with Gasteiger partial charge in [-0.1, -0.05) is 54.2 Å². The maximum absolute atomic E-state index is 13.7. The van der Waals surface area contributed by atoms with Crippen LogP contribution in [0, 0.1) is 5.92 Å². The first-order valence-corrected chi connectivity index (χ1v) is 13.5. The first-order chi connectivity index (χ1) is 18.5. The molecule has 2 aromatic rings. The van der Waals surface area contributed by atoms with Crippen LogP contribution < -0.4 is 14.8 Å². The molecular weight excluding hydrogens is 502 g/mol. The van der Waals surface area contributed by atoms with Crippen molar-refractivity contribution >= 4 is 28.8 Å². The quantitative estimate of drug-likeness (QED) is 0.433. The molecule has 1 fully saturated rings. The monoisotopic (exact) mass is 533 g/mol. The minimum absolute atomic E-state index is 0.0548. The zero-order chi connectivity index (χ0) is 26.6. The van der Waals surface area contributed by atoms with Gasteiger partial charge in [0, 0.05) is 17.8 Å². The summed E-state index contributed by atoms with van der Waals surface area (Å²) in [6.45, 7) is 2.64. The molecule has 0 spiro atoms. The number of para-hydroxylation sites is 1. The van der Waals surface area contributed by atoms with Crippen LogP contribution in [-0.2, 0) is 20.9 Å². The molecule has 0 radical (unpaired) electrons. The Hall–Kier alpha value is -3.72. The fourth-order valence-electron chi connectivity index (χ4n) is 4.66. The maximum Gasteiger partial charge on any atom is 0.338 e. The van der Waals surface area contributed by atoms with Crippen LogP contribution in [0.3, 0.4) is 0 Å². The van der Waals surface area contributed by atoms with Gasteiger partial charge < -0.3 is 24.4 Å². The number of nitrogens with one attached hydrogen (secondary N) is 1. The number of allylic oxidation sites excluding steroid dienone is 1. The summed E-state index contributed by atoms with van der Waals surface area (Å²) in [4.78, 5) is 33.2. The molecule has 0 bridgehead atoms. The normalized spacial score (nSPS) is 18.4. The lowest BCUT2D eigenvalue weighted by Gasteiger charge is -2.37. The topological polar surface area (TPSA) is 89.5 Å². The maximum atomic E-state index is 13.7. The predicted octanol–water partition coefficient (Wildman–Crippen LogP) is 4.94. The van der Waals surface area contributed by atoms with Crippen molar-refractivity contribution in [3.63, 3.8) is 0 Å². The summed E-state index contributed by atoms with van der Waals surface area (Å²) >= 11 is 1.44. The van der Waals surface area contributed by atoms with Gasteiger partial charge in [0.25, 0.3) is 0 Å². The Balaban J connectivity index is 1.50. The average molecular weight is 534 g/mol. The number of carbonyl (C=O) groups excluding carboxylic acids is 2. The summed E-state index contributed by atoms with van der Waals surface area (Å²) < 4.78 is 17.1. The van der Waals surface area contributed by atoms with Gasteiger partial charge in [-0.2, -0.15) is 0 Å². The zero-order valence-corrected chi connectivity index (χ0v) is 22.5. The Bertz CT molecular complexity index is 1320. The Labute approximate surface area is 226 Å². The van der Waals surface area contributed by atoms with Gasteiger partial charge in [-0.3, -0.25) is 4.79 Å². The van der Waals surface area contributed by atoms with Crippen molar-refractivity contribution in [2.24, 2.45) is 10.9 Å². The molecule has 1 amide bonds. The number of rotatable bonds is 10. The summed E-state index contributed by atoms with van der Waals surface area (Å²) in [6.07, 6.45) is 2.50. The van der Waals surface area contributed by atoms with Crippen molar-refractivity contribution in [3.8, 4) is 11.5 Å². The Morgan fingerprint density at radius 1 is 1.08 bits per heavy atom. The number of nitrogens with zero attached hydrogens (tertiary/aromatic N) is 2. The van der Waals surface area contributed by atoms with E-state index in [1.807, 2.05) is 65.8 Å². The minimum atomic E-state index is -0.617. The second-order valence-electron chi connectivity index (χ2n) is 9.46. The number of carbonyl (C=O) groups is 2. The van der Waals surface area contributed by atoms with Crippen LogP contribution in [0.15, 0.2) is 75.9 Å². The number of aliphatic imine (C=N–C) groups is 1. The molecule has 1 atom stereocenters. The Morgan fingerprint density at radius 3 is 2.58 bits per heavy atom. The number of hydrogen-bond acceptors (Lipinski definition) is 8. The largest absolute Gasteiger partial charge is 0.493 e. The van der Waals surface area contributed by atoms with E-state index in [-0.39, 0.29) is 18.9 Å². The van der Waals surface area contributed by atoms with Crippen LogP contribution in [0.2, 0.25) is 0 Å². The van der Waals surface area contributed by atoms with Gasteiger partial charge in [-0.15, -0.1) is 0 Å². The van der Waals surface area contributed by atoms with Crippen LogP contribution in [0.1, 0.15) is 43.4 Å². The number of benzene rings is 2. The first-order valence-electron chi connectivity index (χ1n) is 12.6. The third-order valence-corrected chi connectivity index (χ3v) is 7.68. The molecule has 2 heterocycles. The van der Waals surface area contributed by atoms with Crippen LogP contribution >= 0.6 is 11.8 Å². The lowest BCUT2D eigenvalue weighted by atomic mass is 9.92. The zero-order valence-electron chi connectivity index (χ0n) is 21.7. The number of methoxy groups -OCH3 is 2. The molecule has 2 aromatic carbocycles. The van der Waals surface area contributed by atoms with Gasteiger partial charge in [0.1, 0.15) is 6.61 Å². The second-order valence-corrected chi connectivity index (χ2v) is 10.3. The van der Waals surface area contributed by atoms with Crippen LogP contribution in [0.4, 0.5) is 0 Å². The van der Waals surface area contributed by atoms with E-state index < -0.39 is 12.0 Å². The molecular formula is C29H31N3O5S. The molecule has 1 saturated carbocycles. The SMILES string of the molecule is COc1cccc([C@@H]2C(C(=O)OCc3ccccc3)=C(C)N=C3SC=C(CC(=O)NCC4CC4)N32)c1OC. The highest BCUT2D eigenvalue weighted by Gasteiger charge is 2.43. The first kappa shape index (κ1) is 25.9. The molecule has 2 aliphatic heterocycles. The molecule has 1 aliphatic carbocycles.